The van der Waals surface area contributed by atoms with Crippen molar-refractivity contribution in [3.05, 3.63) is 35.9 Å². The number of rotatable bonds is 4. The molecule has 2 bridgehead atoms. The van der Waals surface area contributed by atoms with Crippen LogP contribution >= 0.6 is 0 Å². The molecule has 0 aliphatic carbocycles. The van der Waals surface area contributed by atoms with Gasteiger partial charge in [-0.2, -0.15) is 0 Å². The van der Waals surface area contributed by atoms with Gasteiger partial charge >= 0.3 is 0 Å². The molecule has 4 atom stereocenters. The third-order valence-corrected chi connectivity index (χ3v) is 4.03. The quantitative estimate of drug-likeness (QED) is 0.811. The number of carbonyl (C=O) groups excluding carboxylic acids is 1. The summed E-state index contributed by atoms with van der Waals surface area (Å²) in [5.74, 6) is -0.382. The van der Waals surface area contributed by atoms with Gasteiger partial charge in [0.1, 0.15) is 0 Å². The minimum Gasteiger partial charge on any atom is -0.368 e. The van der Waals surface area contributed by atoms with Crippen molar-refractivity contribution in [1.29, 1.82) is 0 Å². The lowest BCUT2D eigenvalue weighted by Crippen LogP contribution is -2.50. The number of primary amides is 1. The molecule has 0 radical (unpaired) electrons. The van der Waals surface area contributed by atoms with Crippen LogP contribution < -0.4 is 5.73 Å². The third-order valence-electron chi connectivity index (χ3n) is 4.03. The fourth-order valence-corrected chi connectivity index (χ4v) is 2.98. The maximum absolute atomic E-state index is 11.4. The van der Waals surface area contributed by atoms with E-state index in [0.717, 1.165) is 12.0 Å². The van der Waals surface area contributed by atoms with E-state index in [9.17, 15) is 9.90 Å². The predicted molar refractivity (Wildman–Crippen MR) is 71.8 cm³/mol. The number of hydrogen-bond acceptors (Lipinski definition) is 5. The van der Waals surface area contributed by atoms with E-state index in [1.165, 1.54) is 0 Å². The summed E-state index contributed by atoms with van der Waals surface area (Å²) in [6.45, 7) is 1.02. The van der Waals surface area contributed by atoms with Crippen LogP contribution in [0.4, 0.5) is 0 Å². The van der Waals surface area contributed by atoms with E-state index in [2.05, 4.69) is 0 Å². The Morgan fingerprint density at radius 2 is 2.10 bits per heavy atom. The molecule has 1 amide bonds. The van der Waals surface area contributed by atoms with Gasteiger partial charge in [-0.3, -0.25) is 14.5 Å². The molecule has 20 heavy (non-hydrogen) atoms. The minimum absolute atomic E-state index is 0.115. The topological polar surface area (TPSA) is 79.0 Å². The van der Waals surface area contributed by atoms with Crippen LogP contribution in [0.1, 0.15) is 18.4 Å². The molecule has 1 aromatic carbocycles. The smallest absolute Gasteiger partial charge is 0.234 e. The molecular weight excluding hydrogens is 258 g/mol. The van der Waals surface area contributed by atoms with Gasteiger partial charge < -0.3 is 10.8 Å². The molecule has 2 unspecified atom stereocenters. The number of nitrogens with two attached hydrogens (primary N) is 1. The van der Waals surface area contributed by atoms with Crippen molar-refractivity contribution >= 4 is 5.91 Å². The first-order chi connectivity index (χ1) is 9.66. The first-order valence-electron chi connectivity index (χ1n) is 6.85. The van der Waals surface area contributed by atoms with Gasteiger partial charge in [0.2, 0.25) is 5.91 Å². The molecule has 2 heterocycles. The van der Waals surface area contributed by atoms with Crippen molar-refractivity contribution in [3.63, 3.8) is 0 Å². The summed E-state index contributed by atoms with van der Waals surface area (Å²) < 4.78 is 0. The van der Waals surface area contributed by atoms with Gasteiger partial charge in [-0.1, -0.05) is 30.3 Å². The van der Waals surface area contributed by atoms with E-state index in [1.54, 1.807) is 9.96 Å². The van der Waals surface area contributed by atoms with E-state index < -0.39 is 12.4 Å². The van der Waals surface area contributed by atoms with Crippen molar-refractivity contribution in [2.45, 2.75) is 37.9 Å². The van der Waals surface area contributed by atoms with Crippen molar-refractivity contribution in [3.8, 4) is 0 Å². The lowest BCUT2D eigenvalue weighted by atomic mass is 10.0. The average molecular weight is 277 g/mol. The number of benzene rings is 1. The van der Waals surface area contributed by atoms with Crippen LogP contribution in [0.25, 0.3) is 0 Å². The molecule has 108 valence electrons. The minimum atomic E-state index is -0.899. The number of aliphatic hydroxyl groups excluding tert-OH is 1. The van der Waals surface area contributed by atoms with Crippen molar-refractivity contribution < 1.29 is 14.7 Å². The number of piperidine rings is 1. The van der Waals surface area contributed by atoms with Gasteiger partial charge in [-0.15, -0.1) is 5.06 Å². The number of nitrogens with zero attached hydrogens (tertiary/aromatic N) is 2. The molecule has 1 aromatic rings. The third kappa shape index (κ3) is 2.43. The zero-order valence-corrected chi connectivity index (χ0v) is 11.2. The van der Waals surface area contributed by atoms with Crippen LogP contribution in [-0.4, -0.2) is 46.0 Å². The van der Waals surface area contributed by atoms with Gasteiger partial charge in [-0.25, -0.2) is 0 Å². The predicted octanol–water partition coefficient (Wildman–Crippen LogP) is 0.0280. The second-order valence-corrected chi connectivity index (χ2v) is 5.31. The Labute approximate surface area is 117 Å². The van der Waals surface area contributed by atoms with Crippen molar-refractivity contribution in [1.82, 2.24) is 9.96 Å². The molecule has 2 saturated heterocycles. The molecule has 6 nitrogen and oxygen atoms in total. The summed E-state index contributed by atoms with van der Waals surface area (Å²) in [6, 6.07) is 9.51. The number of aliphatic hydroxyl groups is 1. The Kier molecular flexibility index (Phi) is 3.71. The van der Waals surface area contributed by atoms with Gasteiger partial charge in [0.15, 0.2) is 6.35 Å². The highest BCUT2D eigenvalue weighted by Gasteiger charge is 2.47. The van der Waals surface area contributed by atoms with E-state index in [4.69, 9.17) is 10.6 Å². The van der Waals surface area contributed by atoms with Gasteiger partial charge in [0, 0.05) is 6.54 Å². The van der Waals surface area contributed by atoms with Crippen LogP contribution in [-0.2, 0) is 16.2 Å². The summed E-state index contributed by atoms with van der Waals surface area (Å²) in [5.41, 5.74) is 6.42. The average Bonchev–Trinajstić information content (AvgIpc) is 2.70. The molecule has 2 aliphatic heterocycles. The summed E-state index contributed by atoms with van der Waals surface area (Å²) in [6.07, 6.45) is 0.571. The van der Waals surface area contributed by atoms with Crippen LogP contribution in [0.15, 0.2) is 30.3 Å². The lowest BCUT2D eigenvalue weighted by Gasteiger charge is -2.29. The zero-order chi connectivity index (χ0) is 14.1. The molecule has 2 aliphatic rings. The van der Waals surface area contributed by atoms with Gasteiger partial charge in [-0.05, 0) is 18.4 Å². The monoisotopic (exact) mass is 277 g/mol. The van der Waals surface area contributed by atoms with Crippen LogP contribution in [0.2, 0.25) is 0 Å². The Morgan fingerprint density at radius 3 is 2.80 bits per heavy atom. The highest BCUT2D eigenvalue weighted by Crippen LogP contribution is 2.32. The fourth-order valence-electron chi connectivity index (χ4n) is 2.98. The lowest BCUT2D eigenvalue weighted by molar-refractivity contribution is -0.265. The number of carbonyl (C=O) groups is 1. The number of amides is 1. The second kappa shape index (κ2) is 5.49. The second-order valence-electron chi connectivity index (χ2n) is 5.31. The van der Waals surface area contributed by atoms with Crippen molar-refractivity contribution in [2.24, 2.45) is 5.73 Å². The van der Waals surface area contributed by atoms with E-state index in [1.807, 2.05) is 30.3 Å². The number of hydroxylamine groups is 2. The van der Waals surface area contributed by atoms with Gasteiger partial charge in [0.05, 0.1) is 18.7 Å². The first kappa shape index (κ1) is 13.5. The largest absolute Gasteiger partial charge is 0.368 e. The molecule has 0 aromatic heterocycles. The normalized spacial score (nSPS) is 33.2. The highest BCUT2D eigenvalue weighted by molar-refractivity contribution is 5.80. The number of hydrogen-bond donors (Lipinski definition) is 2. The Morgan fingerprint density at radius 1 is 1.35 bits per heavy atom. The maximum atomic E-state index is 11.4. The van der Waals surface area contributed by atoms with E-state index in [-0.39, 0.29) is 11.9 Å². The molecule has 0 saturated carbocycles. The Hall–Kier alpha value is -1.47. The van der Waals surface area contributed by atoms with Crippen molar-refractivity contribution in [2.75, 3.05) is 6.54 Å². The molecule has 3 rings (SSSR count). The molecule has 6 heteroatoms. The summed E-state index contributed by atoms with van der Waals surface area (Å²) in [7, 11) is 0. The maximum Gasteiger partial charge on any atom is 0.234 e. The SMILES string of the molecule is NC(=O)[C@@H]1CC[C@@H]2CN1C(O)N2OCc1ccccc1. The summed E-state index contributed by atoms with van der Waals surface area (Å²) in [4.78, 5) is 18.8. The first-order valence-corrected chi connectivity index (χ1v) is 6.85. The van der Waals surface area contributed by atoms with Gasteiger partial charge in [0.25, 0.3) is 0 Å². The summed E-state index contributed by atoms with van der Waals surface area (Å²) >= 11 is 0. The summed E-state index contributed by atoms with van der Waals surface area (Å²) in [5, 5.41) is 11.9. The fraction of sp³-hybridized carbons (Fsp3) is 0.500. The number of fused-ring (bicyclic) bond motifs is 2. The Bertz CT molecular complexity index is 482. The Balaban J connectivity index is 1.65. The van der Waals surface area contributed by atoms with Crippen LogP contribution in [0.3, 0.4) is 0 Å². The molecular formula is C14H19N3O3. The van der Waals surface area contributed by atoms with E-state index in [0.29, 0.717) is 19.6 Å². The molecule has 2 fully saturated rings. The molecule has 3 N–H and O–H groups in total. The van der Waals surface area contributed by atoms with E-state index >= 15 is 0 Å². The molecule has 0 spiro atoms. The highest BCUT2D eigenvalue weighted by atomic mass is 16.7. The standard InChI is InChI=1S/C14H19N3O3/c15-13(18)12-7-6-11-8-16(12)14(19)17(11)20-9-10-4-2-1-3-5-10/h1-5,11-12,14,19H,6-9H2,(H2,15,18)/t11-,12+,14?/m1/s1. The van der Waals surface area contributed by atoms with Crippen LogP contribution in [0, 0.1) is 0 Å². The zero-order valence-electron chi connectivity index (χ0n) is 11.2. The van der Waals surface area contributed by atoms with Crippen LogP contribution in [0.5, 0.6) is 0 Å².